The minimum atomic E-state index is -0.542. The number of ether oxygens (including phenoxy) is 1. The zero-order valence-electron chi connectivity index (χ0n) is 10.9. The first-order valence-electron chi connectivity index (χ1n) is 6.11. The number of nitrogens with zero attached hydrogens (tertiary/aromatic N) is 1. The number of piperazine rings is 1. The third-order valence-electron chi connectivity index (χ3n) is 3.30. The summed E-state index contributed by atoms with van der Waals surface area (Å²) in [6, 6.07) is 4.22. The molecule has 1 aromatic rings. The number of halogens is 3. The minimum absolute atomic E-state index is 0. The normalized spacial score (nSPS) is 17.6. The summed E-state index contributed by atoms with van der Waals surface area (Å²) < 4.78 is 32.0. The van der Waals surface area contributed by atoms with Crippen molar-refractivity contribution in [2.75, 3.05) is 40.0 Å². The van der Waals surface area contributed by atoms with E-state index in [0.717, 1.165) is 26.2 Å². The number of methoxy groups -OCH3 is 1. The van der Waals surface area contributed by atoms with Gasteiger partial charge < -0.3 is 10.1 Å². The van der Waals surface area contributed by atoms with Crippen molar-refractivity contribution in [3.05, 3.63) is 29.6 Å². The van der Waals surface area contributed by atoms with Gasteiger partial charge in [0.15, 0.2) is 11.6 Å². The first-order chi connectivity index (χ1) is 8.77. The fourth-order valence-electron chi connectivity index (χ4n) is 2.37. The fourth-order valence-corrected chi connectivity index (χ4v) is 2.37. The molecule has 3 nitrogen and oxygen atoms in total. The van der Waals surface area contributed by atoms with Crippen molar-refractivity contribution in [1.29, 1.82) is 0 Å². The highest BCUT2D eigenvalue weighted by atomic mass is 35.5. The van der Waals surface area contributed by atoms with E-state index in [1.165, 1.54) is 13.2 Å². The summed E-state index contributed by atoms with van der Waals surface area (Å²) in [5.74, 6) is -0.290. The Bertz CT molecular complexity index is 400. The third-order valence-corrected chi connectivity index (χ3v) is 3.30. The van der Waals surface area contributed by atoms with Gasteiger partial charge in [-0.25, -0.2) is 8.78 Å². The molecule has 0 unspecified atom stereocenters. The standard InChI is InChI=1S/C13H18F2N2O.ClH/c1-18-13-10(3-2-4-11(13)15)12(9-14)17-7-5-16-6-8-17;/h2-4,12,16H,5-9H2,1H3;1H/t12-;/m0./s1. The van der Waals surface area contributed by atoms with Gasteiger partial charge in [-0.3, -0.25) is 4.90 Å². The van der Waals surface area contributed by atoms with Crippen molar-refractivity contribution in [3.63, 3.8) is 0 Å². The number of benzene rings is 1. The van der Waals surface area contributed by atoms with Gasteiger partial charge >= 0.3 is 0 Å². The molecule has 1 saturated heterocycles. The number of hydrogen-bond acceptors (Lipinski definition) is 3. The Kier molecular flexibility index (Phi) is 6.48. The third kappa shape index (κ3) is 3.55. The van der Waals surface area contributed by atoms with Crippen LogP contribution in [0.15, 0.2) is 18.2 Å². The van der Waals surface area contributed by atoms with Gasteiger partial charge in [-0.05, 0) is 6.07 Å². The molecule has 6 heteroatoms. The predicted molar refractivity (Wildman–Crippen MR) is 73.4 cm³/mol. The zero-order valence-corrected chi connectivity index (χ0v) is 11.7. The van der Waals surface area contributed by atoms with Gasteiger partial charge in [0.1, 0.15) is 6.67 Å². The molecular formula is C13H19ClF2N2O. The number of alkyl halides is 1. The molecule has 0 bridgehead atoms. The van der Waals surface area contributed by atoms with E-state index < -0.39 is 18.5 Å². The number of rotatable bonds is 4. The van der Waals surface area contributed by atoms with E-state index in [0.29, 0.717) is 5.56 Å². The monoisotopic (exact) mass is 292 g/mol. The molecule has 1 N–H and O–H groups in total. The highest BCUT2D eigenvalue weighted by molar-refractivity contribution is 5.85. The largest absolute Gasteiger partial charge is 0.493 e. The average molecular weight is 293 g/mol. The predicted octanol–water partition coefficient (Wildman–Crippen LogP) is 2.17. The van der Waals surface area contributed by atoms with Crippen molar-refractivity contribution in [2.45, 2.75) is 6.04 Å². The van der Waals surface area contributed by atoms with E-state index in [1.807, 2.05) is 4.90 Å². The van der Waals surface area contributed by atoms with Crippen LogP contribution in [0.3, 0.4) is 0 Å². The minimum Gasteiger partial charge on any atom is -0.493 e. The summed E-state index contributed by atoms with van der Waals surface area (Å²) in [4.78, 5) is 2.02. The summed E-state index contributed by atoms with van der Waals surface area (Å²) in [6.45, 7) is 2.63. The van der Waals surface area contributed by atoms with Gasteiger partial charge in [0.25, 0.3) is 0 Å². The van der Waals surface area contributed by atoms with E-state index >= 15 is 0 Å². The molecule has 1 aliphatic heterocycles. The Labute approximate surface area is 118 Å². The molecule has 19 heavy (non-hydrogen) atoms. The van der Waals surface area contributed by atoms with Crippen LogP contribution in [-0.2, 0) is 0 Å². The highest BCUT2D eigenvalue weighted by Crippen LogP contribution is 2.32. The first kappa shape index (κ1) is 16.1. The Morgan fingerprint density at radius 3 is 2.63 bits per heavy atom. The molecule has 2 rings (SSSR count). The van der Waals surface area contributed by atoms with E-state index in [2.05, 4.69) is 5.32 Å². The van der Waals surface area contributed by atoms with Crippen LogP contribution < -0.4 is 10.1 Å². The maximum atomic E-state index is 13.6. The lowest BCUT2D eigenvalue weighted by Gasteiger charge is -2.34. The van der Waals surface area contributed by atoms with E-state index in [9.17, 15) is 8.78 Å². The Hall–Kier alpha value is -0.910. The van der Waals surface area contributed by atoms with Crippen LogP contribution in [0.5, 0.6) is 5.75 Å². The lowest BCUT2D eigenvalue weighted by molar-refractivity contribution is 0.144. The Morgan fingerprint density at radius 1 is 1.37 bits per heavy atom. The van der Waals surface area contributed by atoms with Crippen LogP contribution in [0.2, 0.25) is 0 Å². The van der Waals surface area contributed by atoms with Gasteiger partial charge in [-0.15, -0.1) is 12.4 Å². The van der Waals surface area contributed by atoms with Gasteiger partial charge in [0.2, 0.25) is 0 Å². The maximum absolute atomic E-state index is 13.6. The highest BCUT2D eigenvalue weighted by Gasteiger charge is 2.25. The lowest BCUT2D eigenvalue weighted by Crippen LogP contribution is -2.45. The van der Waals surface area contributed by atoms with Gasteiger partial charge in [-0.2, -0.15) is 0 Å². The Morgan fingerprint density at radius 2 is 2.05 bits per heavy atom. The van der Waals surface area contributed by atoms with Crippen molar-refractivity contribution in [1.82, 2.24) is 10.2 Å². The molecule has 0 saturated carbocycles. The summed E-state index contributed by atoms with van der Waals surface area (Å²) in [5.41, 5.74) is 0.585. The van der Waals surface area contributed by atoms with Crippen molar-refractivity contribution in [3.8, 4) is 5.75 Å². The van der Waals surface area contributed by atoms with Crippen LogP contribution in [0, 0.1) is 5.82 Å². The van der Waals surface area contributed by atoms with Gasteiger partial charge in [0, 0.05) is 31.7 Å². The molecule has 1 atom stereocenters. The van der Waals surface area contributed by atoms with Gasteiger partial charge in [0.05, 0.1) is 13.2 Å². The first-order valence-corrected chi connectivity index (χ1v) is 6.11. The van der Waals surface area contributed by atoms with E-state index in [-0.39, 0.29) is 18.2 Å². The van der Waals surface area contributed by atoms with E-state index in [4.69, 9.17) is 4.74 Å². The molecule has 0 amide bonds. The van der Waals surface area contributed by atoms with Crippen LogP contribution in [0.25, 0.3) is 0 Å². The molecule has 1 fully saturated rings. The molecule has 0 spiro atoms. The molecule has 1 heterocycles. The number of hydrogen-bond donors (Lipinski definition) is 1. The molecule has 0 radical (unpaired) electrons. The summed E-state index contributed by atoms with van der Waals surface area (Å²) in [7, 11) is 1.41. The zero-order chi connectivity index (χ0) is 13.0. The smallest absolute Gasteiger partial charge is 0.165 e. The van der Waals surface area contributed by atoms with Crippen LogP contribution in [-0.4, -0.2) is 44.9 Å². The number of para-hydroxylation sites is 1. The SMILES string of the molecule is COc1c(F)cccc1[C@H](CF)N1CCNCC1.Cl. The second kappa shape index (κ2) is 7.62. The molecule has 108 valence electrons. The van der Waals surface area contributed by atoms with Crippen molar-refractivity contribution in [2.24, 2.45) is 0 Å². The van der Waals surface area contributed by atoms with Crippen molar-refractivity contribution >= 4 is 12.4 Å². The molecule has 1 aromatic carbocycles. The van der Waals surface area contributed by atoms with Crippen molar-refractivity contribution < 1.29 is 13.5 Å². The van der Waals surface area contributed by atoms with Crippen LogP contribution in [0.4, 0.5) is 8.78 Å². The van der Waals surface area contributed by atoms with Crippen LogP contribution in [0.1, 0.15) is 11.6 Å². The second-order valence-electron chi connectivity index (χ2n) is 4.32. The topological polar surface area (TPSA) is 24.5 Å². The van der Waals surface area contributed by atoms with E-state index in [1.54, 1.807) is 12.1 Å². The Balaban J connectivity index is 0.00000180. The summed E-state index contributed by atoms with van der Waals surface area (Å²) >= 11 is 0. The average Bonchev–Trinajstić information content (AvgIpc) is 2.41. The van der Waals surface area contributed by atoms with Gasteiger partial charge in [-0.1, -0.05) is 12.1 Å². The lowest BCUT2D eigenvalue weighted by atomic mass is 10.0. The molecular weight excluding hydrogens is 274 g/mol. The molecule has 1 aliphatic rings. The summed E-state index contributed by atoms with van der Waals surface area (Å²) in [6.07, 6.45) is 0. The number of nitrogens with one attached hydrogen (secondary N) is 1. The molecule has 0 aromatic heterocycles. The summed E-state index contributed by atoms with van der Waals surface area (Å²) in [5, 5.41) is 3.22. The maximum Gasteiger partial charge on any atom is 0.165 e. The quantitative estimate of drug-likeness (QED) is 0.920. The fraction of sp³-hybridized carbons (Fsp3) is 0.538. The van der Waals surface area contributed by atoms with Crippen LogP contribution >= 0.6 is 12.4 Å². The second-order valence-corrected chi connectivity index (χ2v) is 4.32. The molecule has 0 aliphatic carbocycles.